The third-order valence-corrected chi connectivity index (χ3v) is 14.8. The number of carbonyl (C=O) groups is 6. The molecular weight excluding hydrogens is 949 g/mol. The maximum Gasteiger partial charge on any atom is 0.410 e. The molecule has 4 aliphatic rings. The van der Waals surface area contributed by atoms with Crippen molar-refractivity contribution in [3.63, 3.8) is 0 Å². The van der Waals surface area contributed by atoms with Gasteiger partial charge in [0.05, 0.1) is 18.1 Å². The van der Waals surface area contributed by atoms with Crippen molar-refractivity contribution in [2.75, 3.05) is 39.5 Å². The van der Waals surface area contributed by atoms with Crippen LogP contribution >= 0.6 is 0 Å². The summed E-state index contributed by atoms with van der Waals surface area (Å²) >= 11 is 0. The van der Waals surface area contributed by atoms with Crippen LogP contribution in [0.5, 0.6) is 0 Å². The van der Waals surface area contributed by atoms with Crippen LogP contribution in [0.1, 0.15) is 36.0 Å². The first-order valence-electron chi connectivity index (χ1n) is 25.7. The molecule has 0 spiro atoms. The molecule has 384 valence electrons. The minimum atomic E-state index is -0.722. The minimum absolute atomic E-state index is 0.0920. The molecule has 4 fully saturated rings. The van der Waals surface area contributed by atoms with E-state index in [1.165, 1.54) is 0 Å². The van der Waals surface area contributed by atoms with E-state index in [9.17, 15) is 28.8 Å². The fourth-order valence-corrected chi connectivity index (χ4v) is 10.5. The zero-order chi connectivity index (χ0) is 51.7. The van der Waals surface area contributed by atoms with Crippen molar-refractivity contribution in [3.8, 4) is 33.4 Å². The summed E-state index contributed by atoms with van der Waals surface area (Å²) in [7, 11) is 0. The number of carbonyl (C=O) groups excluding carboxylic acids is 6. The molecule has 10 rings (SSSR count). The van der Waals surface area contributed by atoms with Crippen LogP contribution in [0, 0.1) is 17.8 Å². The molecule has 3 aliphatic heterocycles. The Bertz CT molecular complexity index is 2630. The third kappa shape index (κ3) is 12.2. The molecule has 6 amide bonds. The van der Waals surface area contributed by atoms with Crippen molar-refractivity contribution in [3.05, 3.63) is 180 Å². The van der Waals surface area contributed by atoms with Gasteiger partial charge in [-0.05, 0) is 69.3 Å². The summed E-state index contributed by atoms with van der Waals surface area (Å²) in [4.78, 5) is 86.4. The normalized spacial score (nSPS) is 21.3. The van der Waals surface area contributed by atoms with Crippen molar-refractivity contribution < 1.29 is 43.0 Å². The Morgan fingerprint density at radius 3 is 0.853 bits per heavy atom. The van der Waals surface area contributed by atoms with E-state index in [-0.39, 0.29) is 96.1 Å². The predicted molar refractivity (Wildman–Crippen MR) is 281 cm³/mol. The van der Waals surface area contributed by atoms with Crippen molar-refractivity contribution in [1.82, 2.24) is 30.7 Å². The SMILES string of the molecule is O=C(NCC1COC(=O)N1Cc1ccc(-c2ccccc2)cc1)C1CC(C(=O)NCC2COC(=O)N2Cc2ccc(-c3ccccc3)cc2)CC(C(=O)NCC2COC(=O)N2Cc2ccc(-c3ccccc3)cc2)C1. The first kappa shape index (κ1) is 50.1. The van der Waals surface area contributed by atoms with Crippen LogP contribution in [-0.2, 0) is 48.2 Å². The summed E-state index contributed by atoms with van der Waals surface area (Å²) < 4.78 is 16.4. The quantitative estimate of drug-likeness (QED) is 0.0714. The van der Waals surface area contributed by atoms with Gasteiger partial charge in [0.25, 0.3) is 0 Å². The Hall–Kier alpha value is -8.46. The van der Waals surface area contributed by atoms with E-state index < -0.39 is 54.2 Å². The molecule has 3 heterocycles. The first-order valence-corrected chi connectivity index (χ1v) is 25.7. The highest BCUT2D eigenvalue weighted by Gasteiger charge is 2.42. The van der Waals surface area contributed by atoms with E-state index >= 15 is 0 Å². The van der Waals surface area contributed by atoms with Gasteiger partial charge in [-0.1, -0.05) is 164 Å². The lowest BCUT2D eigenvalue weighted by Gasteiger charge is -2.34. The fourth-order valence-electron chi connectivity index (χ4n) is 10.5. The van der Waals surface area contributed by atoms with E-state index in [0.29, 0.717) is 0 Å². The number of rotatable bonds is 18. The summed E-state index contributed by atoms with van der Waals surface area (Å²) in [5.41, 5.74) is 9.12. The molecule has 6 aromatic carbocycles. The average molecular weight is 1010 g/mol. The zero-order valence-electron chi connectivity index (χ0n) is 41.6. The van der Waals surface area contributed by atoms with Crippen molar-refractivity contribution >= 4 is 36.0 Å². The van der Waals surface area contributed by atoms with Crippen LogP contribution in [0.2, 0.25) is 0 Å². The Balaban J connectivity index is 0.785. The van der Waals surface area contributed by atoms with Gasteiger partial charge in [-0.3, -0.25) is 29.1 Å². The summed E-state index contributed by atoms with van der Waals surface area (Å²) in [6, 6.07) is 52.6. The molecule has 3 atom stereocenters. The predicted octanol–water partition coefficient (Wildman–Crippen LogP) is 8.43. The smallest absolute Gasteiger partial charge is 0.410 e. The summed E-state index contributed by atoms with van der Waals surface area (Å²) in [6.07, 6.45) is -0.893. The lowest BCUT2D eigenvalue weighted by molar-refractivity contribution is -0.135. The number of ether oxygens (including phenoxy) is 3. The summed E-state index contributed by atoms with van der Waals surface area (Å²) in [5, 5.41) is 9.09. The topological polar surface area (TPSA) is 176 Å². The number of nitrogens with one attached hydrogen (secondary N) is 3. The van der Waals surface area contributed by atoms with Gasteiger partial charge < -0.3 is 30.2 Å². The van der Waals surface area contributed by atoms with Gasteiger partial charge in [-0.25, -0.2) is 14.4 Å². The van der Waals surface area contributed by atoms with Crippen LogP contribution < -0.4 is 16.0 Å². The third-order valence-electron chi connectivity index (χ3n) is 14.8. The summed E-state index contributed by atoms with van der Waals surface area (Å²) in [5.74, 6) is -3.18. The number of amides is 6. The standard InChI is InChI=1S/C60H60N6O9/c67-55(61-31-52-37-73-58(70)64(52)34-40-16-22-46(23-17-40)43-10-4-1-5-11-43)49-28-50(56(68)62-32-53-38-74-59(71)65(53)35-41-18-24-47(25-19-41)44-12-6-2-7-13-44)30-51(29-49)57(69)63-33-54-39-75-60(72)66(54)36-42-20-26-48(27-21-42)45-14-8-3-9-15-45/h1-27,49-54H,28-39H2,(H,61,67)(H,62,68)(H,63,69). The number of cyclic esters (lactones) is 3. The molecule has 1 aliphatic carbocycles. The van der Waals surface area contributed by atoms with Crippen molar-refractivity contribution in [2.45, 2.75) is 57.0 Å². The molecule has 15 heteroatoms. The Kier molecular flexibility index (Phi) is 15.5. The molecule has 75 heavy (non-hydrogen) atoms. The number of hydrogen-bond acceptors (Lipinski definition) is 9. The Labute approximate surface area is 436 Å². The largest absolute Gasteiger partial charge is 0.447 e. The second-order valence-corrected chi connectivity index (χ2v) is 19.8. The lowest BCUT2D eigenvalue weighted by Crippen LogP contribution is -2.49. The maximum absolute atomic E-state index is 14.2. The van der Waals surface area contributed by atoms with E-state index in [2.05, 4.69) is 16.0 Å². The van der Waals surface area contributed by atoms with Crippen LogP contribution in [0.3, 0.4) is 0 Å². The van der Waals surface area contributed by atoms with E-state index in [1.54, 1.807) is 14.7 Å². The minimum Gasteiger partial charge on any atom is -0.447 e. The zero-order valence-corrected chi connectivity index (χ0v) is 41.6. The van der Waals surface area contributed by atoms with Gasteiger partial charge >= 0.3 is 18.3 Å². The molecule has 3 saturated heterocycles. The first-order chi connectivity index (χ1) is 36.6. The molecule has 3 unspecified atom stereocenters. The van der Waals surface area contributed by atoms with Gasteiger partial charge in [0.2, 0.25) is 17.7 Å². The van der Waals surface area contributed by atoms with Crippen LogP contribution in [0.15, 0.2) is 164 Å². The molecule has 0 aromatic heterocycles. The van der Waals surface area contributed by atoms with Gasteiger partial charge in [0, 0.05) is 57.0 Å². The van der Waals surface area contributed by atoms with Gasteiger partial charge in [0.15, 0.2) is 0 Å². The highest BCUT2D eigenvalue weighted by atomic mass is 16.6. The molecule has 3 N–H and O–H groups in total. The van der Waals surface area contributed by atoms with E-state index in [0.717, 1.165) is 50.1 Å². The second kappa shape index (κ2) is 23.2. The number of benzene rings is 6. The molecular formula is C60H60N6O9. The highest BCUT2D eigenvalue weighted by Crippen LogP contribution is 2.35. The molecule has 0 radical (unpaired) electrons. The molecule has 1 saturated carbocycles. The van der Waals surface area contributed by atoms with Crippen molar-refractivity contribution in [1.29, 1.82) is 0 Å². The van der Waals surface area contributed by atoms with Gasteiger partial charge in [0.1, 0.15) is 19.8 Å². The van der Waals surface area contributed by atoms with Gasteiger partial charge in [-0.15, -0.1) is 0 Å². The number of hydrogen-bond donors (Lipinski definition) is 3. The number of nitrogens with zero attached hydrogens (tertiary/aromatic N) is 3. The average Bonchev–Trinajstić information content (AvgIpc) is 4.12. The fraction of sp³-hybridized carbons (Fsp3) is 0.300. The van der Waals surface area contributed by atoms with Gasteiger partial charge in [-0.2, -0.15) is 0 Å². The van der Waals surface area contributed by atoms with Crippen LogP contribution in [-0.4, -0.2) is 108 Å². The second-order valence-electron chi connectivity index (χ2n) is 19.8. The molecule has 15 nitrogen and oxygen atoms in total. The molecule has 6 aromatic rings. The van der Waals surface area contributed by atoms with Crippen LogP contribution in [0.25, 0.3) is 33.4 Å². The monoisotopic (exact) mass is 1010 g/mol. The van der Waals surface area contributed by atoms with E-state index in [4.69, 9.17) is 14.2 Å². The maximum atomic E-state index is 14.2. The van der Waals surface area contributed by atoms with E-state index in [1.807, 2.05) is 164 Å². The molecule has 0 bridgehead atoms. The van der Waals surface area contributed by atoms with Crippen molar-refractivity contribution in [2.24, 2.45) is 17.8 Å². The lowest BCUT2D eigenvalue weighted by atomic mass is 9.74. The Morgan fingerprint density at radius 2 is 0.600 bits per heavy atom. The highest BCUT2D eigenvalue weighted by molar-refractivity contribution is 5.86. The summed E-state index contributed by atoms with van der Waals surface area (Å²) in [6.45, 7) is 1.46. The van der Waals surface area contributed by atoms with Crippen LogP contribution in [0.4, 0.5) is 14.4 Å². The Morgan fingerprint density at radius 1 is 0.360 bits per heavy atom.